The first-order valence-corrected chi connectivity index (χ1v) is 11.8. The van der Waals surface area contributed by atoms with E-state index in [1.165, 1.54) is 0 Å². The summed E-state index contributed by atoms with van der Waals surface area (Å²) in [5.74, 6) is -0.637. The lowest BCUT2D eigenvalue weighted by molar-refractivity contribution is -0.122. The number of nitrogens with zero attached hydrogens (tertiary/aromatic N) is 3. The predicted molar refractivity (Wildman–Crippen MR) is 135 cm³/mol. The monoisotopic (exact) mass is 490 g/mol. The molecule has 9 nitrogen and oxygen atoms in total. The number of aliphatic hydroxyl groups is 1. The van der Waals surface area contributed by atoms with Gasteiger partial charge >= 0.3 is 0 Å². The molecule has 2 aromatic carbocycles. The quantitative estimate of drug-likeness (QED) is 0.376. The normalized spacial score (nSPS) is 16.0. The molecule has 10 heteroatoms. The lowest BCUT2D eigenvalue weighted by Crippen LogP contribution is -2.37. The first-order valence-electron chi connectivity index (χ1n) is 11.8. The fourth-order valence-electron chi connectivity index (χ4n) is 4.29. The zero-order valence-corrected chi connectivity index (χ0v) is 20.0. The van der Waals surface area contributed by atoms with E-state index in [0.29, 0.717) is 17.1 Å². The van der Waals surface area contributed by atoms with Crippen LogP contribution in [0.15, 0.2) is 48.7 Å². The van der Waals surface area contributed by atoms with Gasteiger partial charge in [-0.25, -0.2) is 9.37 Å². The summed E-state index contributed by atoms with van der Waals surface area (Å²) in [6.45, 7) is 3.77. The van der Waals surface area contributed by atoms with Crippen LogP contribution in [0.1, 0.15) is 32.3 Å². The first kappa shape index (κ1) is 23.7. The zero-order valence-electron chi connectivity index (χ0n) is 20.0. The highest BCUT2D eigenvalue weighted by atomic mass is 19.1. The van der Waals surface area contributed by atoms with Crippen LogP contribution in [0.2, 0.25) is 0 Å². The van der Waals surface area contributed by atoms with Crippen LogP contribution in [0.25, 0.3) is 0 Å². The molecule has 1 aliphatic carbocycles. The molecule has 2 amide bonds. The van der Waals surface area contributed by atoms with Gasteiger partial charge in [-0.15, -0.1) is 0 Å². The second kappa shape index (κ2) is 9.19. The van der Waals surface area contributed by atoms with E-state index in [4.69, 9.17) is 0 Å². The highest BCUT2D eigenvalue weighted by Gasteiger charge is 2.43. The van der Waals surface area contributed by atoms with E-state index < -0.39 is 11.2 Å². The van der Waals surface area contributed by atoms with Gasteiger partial charge < -0.3 is 26.0 Å². The van der Waals surface area contributed by atoms with Gasteiger partial charge in [-0.1, -0.05) is 12.1 Å². The van der Waals surface area contributed by atoms with Crippen molar-refractivity contribution in [3.8, 4) is 0 Å². The summed E-state index contributed by atoms with van der Waals surface area (Å²) in [6, 6.07) is 12.5. The molecule has 1 aromatic heterocycles. The average molecular weight is 491 g/mol. The number of fused-ring (bicyclic) bond motifs is 1. The third kappa shape index (κ3) is 4.47. The Labute approximate surface area is 207 Å². The molecule has 0 spiro atoms. The maximum atomic E-state index is 14.6. The molecule has 5 rings (SSSR count). The zero-order chi connectivity index (χ0) is 25.4. The number of aliphatic hydroxyl groups excluding tert-OH is 1. The van der Waals surface area contributed by atoms with Gasteiger partial charge in [0, 0.05) is 23.8 Å². The summed E-state index contributed by atoms with van der Waals surface area (Å²) in [7, 11) is 0. The molecule has 186 valence electrons. The number of amides is 2. The summed E-state index contributed by atoms with van der Waals surface area (Å²) in [6.07, 6.45) is 2.82. The van der Waals surface area contributed by atoms with Crippen molar-refractivity contribution in [1.29, 1.82) is 0 Å². The van der Waals surface area contributed by atoms with Crippen molar-refractivity contribution in [2.24, 2.45) is 5.92 Å². The van der Waals surface area contributed by atoms with Crippen LogP contribution in [0, 0.1) is 11.7 Å². The molecule has 1 aliphatic heterocycles. The highest BCUT2D eigenvalue weighted by Crippen LogP contribution is 2.43. The van der Waals surface area contributed by atoms with Gasteiger partial charge in [-0.2, -0.15) is 4.98 Å². The molecule has 3 aromatic rings. The number of carbonyl (C=O) groups excluding carboxylic acids is 2. The van der Waals surface area contributed by atoms with Crippen LogP contribution < -0.4 is 20.9 Å². The Morgan fingerprint density at radius 2 is 1.92 bits per heavy atom. The second-order valence-corrected chi connectivity index (χ2v) is 9.49. The van der Waals surface area contributed by atoms with Gasteiger partial charge in [-0.3, -0.25) is 9.59 Å². The van der Waals surface area contributed by atoms with Crippen LogP contribution in [-0.4, -0.2) is 40.0 Å². The molecule has 2 aliphatic rings. The Hall–Kier alpha value is -4.05. The van der Waals surface area contributed by atoms with Crippen LogP contribution in [-0.2, 0) is 15.0 Å². The van der Waals surface area contributed by atoms with Crippen molar-refractivity contribution >= 4 is 46.3 Å². The number of rotatable bonds is 8. The largest absolute Gasteiger partial charge is 0.395 e. The standard InChI is InChI=1S/C26H27FN6O3/c1-26(2)17-13-16(9-10-21(17)33(11-12-34)24(26)36)29-25-28-14-18(27)22(32-25)30-19-5-3-4-6-20(19)31-23(35)15-7-8-15/h3-6,9-10,13-15,34H,7-8,11-12H2,1-2H3,(H,31,35)(H2,28,29,30,32). The molecule has 1 saturated carbocycles. The highest BCUT2D eigenvalue weighted by molar-refractivity contribution is 6.08. The molecule has 1 fully saturated rings. The number of halogens is 1. The molecular weight excluding hydrogens is 463 g/mol. The summed E-state index contributed by atoms with van der Waals surface area (Å²) in [5, 5.41) is 18.3. The number of anilines is 6. The number of β-amino-alcohol motifs (C(OH)–C–C–N with tert-alkyl or cyclic N) is 1. The van der Waals surface area contributed by atoms with Gasteiger partial charge in [0.1, 0.15) is 0 Å². The topological polar surface area (TPSA) is 119 Å². The minimum Gasteiger partial charge on any atom is -0.395 e. The minimum absolute atomic E-state index is 0.0351. The summed E-state index contributed by atoms with van der Waals surface area (Å²) in [5.41, 5.74) is 2.49. The van der Waals surface area contributed by atoms with Crippen molar-refractivity contribution in [1.82, 2.24) is 9.97 Å². The second-order valence-electron chi connectivity index (χ2n) is 9.49. The molecule has 0 atom stereocenters. The number of hydrogen-bond acceptors (Lipinski definition) is 7. The molecule has 2 heterocycles. The smallest absolute Gasteiger partial charge is 0.237 e. The predicted octanol–water partition coefficient (Wildman–Crippen LogP) is 4.07. The van der Waals surface area contributed by atoms with Crippen molar-refractivity contribution in [3.05, 3.63) is 60.0 Å². The fraction of sp³-hybridized carbons (Fsp3) is 0.308. The molecule has 4 N–H and O–H groups in total. The fourth-order valence-corrected chi connectivity index (χ4v) is 4.29. The number of carbonyl (C=O) groups is 2. The van der Waals surface area contributed by atoms with Crippen LogP contribution in [0.3, 0.4) is 0 Å². The van der Waals surface area contributed by atoms with Gasteiger partial charge in [0.05, 0.1) is 29.6 Å². The third-order valence-electron chi connectivity index (χ3n) is 6.45. The average Bonchev–Trinajstić information content (AvgIpc) is 3.69. The molecule has 0 bridgehead atoms. The van der Waals surface area contributed by atoms with E-state index in [9.17, 15) is 19.1 Å². The summed E-state index contributed by atoms with van der Waals surface area (Å²) in [4.78, 5) is 35.0. The van der Waals surface area contributed by atoms with Crippen molar-refractivity contribution in [2.45, 2.75) is 32.1 Å². The van der Waals surface area contributed by atoms with Gasteiger partial charge in [0.25, 0.3) is 0 Å². The minimum atomic E-state index is -0.757. The summed E-state index contributed by atoms with van der Waals surface area (Å²) >= 11 is 0. The Morgan fingerprint density at radius 1 is 1.17 bits per heavy atom. The number of aromatic nitrogens is 2. The lowest BCUT2D eigenvalue weighted by atomic mass is 9.86. The Balaban J connectivity index is 1.38. The van der Waals surface area contributed by atoms with Gasteiger partial charge in [0.2, 0.25) is 17.8 Å². The van der Waals surface area contributed by atoms with E-state index in [0.717, 1.165) is 30.3 Å². The first-order chi connectivity index (χ1) is 17.3. The number of benzene rings is 2. The molecule has 36 heavy (non-hydrogen) atoms. The molecular formula is C26H27FN6O3. The molecule has 0 radical (unpaired) electrons. The Bertz CT molecular complexity index is 1340. The van der Waals surface area contributed by atoms with Gasteiger partial charge in [-0.05, 0) is 62.6 Å². The SMILES string of the molecule is CC1(C)C(=O)N(CCO)c2ccc(Nc3ncc(F)c(Nc4ccccc4NC(=O)C4CC4)n3)cc21. The van der Waals surface area contributed by atoms with Crippen molar-refractivity contribution in [2.75, 3.05) is 34.0 Å². The Kier molecular flexibility index (Phi) is 6.05. The molecule has 0 unspecified atom stereocenters. The maximum absolute atomic E-state index is 14.6. The van der Waals surface area contributed by atoms with Crippen molar-refractivity contribution < 1.29 is 19.1 Å². The molecule has 0 saturated heterocycles. The maximum Gasteiger partial charge on any atom is 0.237 e. The lowest BCUT2D eigenvalue weighted by Gasteiger charge is -2.19. The van der Waals surface area contributed by atoms with Crippen LogP contribution in [0.5, 0.6) is 0 Å². The number of hydrogen-bond donors (Lipinski definition) is 4. The van der Waals surface area contributed by atoms with Crippen LogP contribution >= 0.6 is 0 Å². The van der Waals surface area contributed by atoms with E-state index in [1.54, 1.807) is 41.3 Å². The Morgan fingerprint density at radius 3 is 2.64 bits per heavy atom. The van der Waals surface area contributed by atoms with E-state index in [2.05, 4.69) is 25.9 Å². The van der Waals surface area contributed by atoms with E-state index >= 15 is 0 Å². The van der Waals surface area contributed by atoms with E-state index in [-0.39, 0.29) is 42.7 Å². The summed E-state index contributed by atoms with van der Waals surface area (Å²) < 4.78 is 14.6. The van der Waals surface area contributed by atoms with Crippen molar-refractivity contribution in [3.63, 3.8) is 0 Å². The number of para-hydroxylation sites is 2. The third-order valence-corrected chi connectivity index (χ3v) is 6.45. The number of nitrogens with one attached hydrogen (secondary N) is 3. The van der Waals surface area contributed by atoms with E-state index in [1.807, 2.05) is 19.9 Å². The van der Waals surface area contributed by atoms with Gasteiger partial charge in [0.15, 0.2) is 11.6 Å². The van der Waals surface area contributed by atoms with Crippen LogP contribution in [0.4, 0.5) is 38.9 Å².